The zero-order valence-electron chi connectivity index (χ0n) is 14.6. The van der Waals surface area contributed by atoms with Gasteiger partial charge in [0.05, 0.1) is 11.0 Å². The van der Waals surface area contributed by atoms with Gasteiger partial charge in [0, 0.05) is 28.9 Å². The van der Waals surface area contributed by atoms with Crippen molar-refractivity contribution in [2.24, 2.45) is 0 Å². The Morgan fingerprint density at radius 2 is 2.04 bits per heavy atom. The van der Waals surface area contributed by atoms with Crippen LogP contribution in [0.15, 0.2) is 38.8 Å². The lowest BCUT2D eigenvalue weighted by atomic mass is 10.2. The molecule has 0 amide bonds. The van der Waals surface area contributed by atoms with Crippen molar-refractivity contribution in [2.75, 3.05) is 0 Å². The van der Waals surface area contributed by atoms with Gasteiger partial charge < -0.3 is 18.9 Å². The summed E-state index contributed by atoms with van der Waals surface area (Å²) in [5.41, 5.74) is 2.93. The third kappa shape index (κ3) is 4.06. The minimum absolute atomic E-state index is 0.00911. The number of halogens is 2. The molecular formula is C18H14ClFN3O3S-. The summed E-state index contributed by atoms with van der Waals surface area (Å²) >= 11 is 6.70. The summed E-state index contributed by atoms with van der Waals surface area (Å²) in [5.74, 6) is -1.53. The average molecular weight is 407 g/mol. The third-order valence-electron chi connectivity index (χ3n) is 3.82. The van der Waals surface area contributed by atoms with E-state index in [0.29, 0.717) is 17.1 Å². The first-order chi connectivity index (χ1) is 12.8. The summed E-state index contributed by atoms with van der Waals surface area (Å²) in [5, 5.41) is 19.1. The topological polar surface area (TPSA) is 84.0 Å². The van der Waals surface area contributed by atoms with E-state index < -0.39 is 11.8 Å². The van der Waals surface area contributed by atoms with Gasteiger partial charge in [-0.3, -0.25) is 0 Å². The molecule has 2 aromatic heterocycles. The van der Waals surface area contributed by atoms with Crippen molar-refractivity contribution in [1.82, 2.24) is 14.8 Å². The van der Waals surface area contributed by atoms with Gasteiger partial charge in [-0.2, -0.15) is 0 Å². The second kappa shape index (κ2) is 7.58. The van der Waals surface area contributed by atoms with Gasteiger partial charge in [-0.15, -0.1) is 10.2 Å². The van der Waals surface area contributed by atoms with Gasteiger partial charge >= 0.3 is 0 Å². The first-order valence-corrected chi connectivity index (χ1v) is 9.01. The minimum Gasteiger partial charge on any atom is -0.544 e. The molecule has 0 saturated carbocycles. The summed E-state index contributed by atoms with van der Waals surface area (Å²) in [6.07, 6.45) is 1.48. The Hall–Kier alpha value is -2.58. The first-order valence-electron chi connectivity index (χ1n) is 7.81. The van der Waals surface area contributed by atoms with Gasteiger partial charge in [-0.25, -0.2) is 4.39 Å². The highest BCUT2D eigenvalue weighted by Crippen LogP contribution is 2.30. The van der Waals surface area contributed by atoms with Crippen LogP contribution in [0.3, 0.4) is 0 Å². The number of aliphatic carboxylic acids is 1. The van der Waals surface area contributed by atoms with E-state index in [0.717, 1.165) is 23.1 Å². The summed E-state index contributed by atoms with van der Waals surface area (Å²) in [6, 6.07) is 6.21. The lowest BCUT2D eigenvalue weighted by Gasteiger charge is -2.11. The highest BCUT2D eigenvalue weighted by atomic mass is 35.5. The van der Waals surface area contributed by atoms with Crippen LogP contribution >= 0.6 is 23.4 Å². The second-order valence-corrected chi connectivity index (χ2v) is 7.15. The summed E-state index contributed by atoms with van der Waals surface area (Å²) in [6.45, 7) is 5.29. The first kappa shape index (κ1) is 19.2. The standard InChI is InChI=1S/C18H15ClFN3O3S/c1-9-6-12(7-16(17(24)25)27-18-22-21-11(3)26-18)10(2)23(9)13-4-5-15(20)14(19)8-13/h4-8H,1-3H3,(H,24,25)/p-1/b16-7-. The van der Waals surface area contributed by atoms with Crippen LogP contribution in [0.2, 0.25) is 5.02 Å². The number of thioether (sulfide) groups is 1. The Bertz CT molecular complexity index is 1060. The van der Waals surface area contributed by atoms with Crippen LogP contribution in [-0.4, -0.2) is 20.7 Å². The number of hydrogen-bond acceptors (Lipinski definition) is 6. The SMILES string of the molecule is Cc1nnc(S/C(=C\c2cc(C)n(-c3ccc(F)c(Cl)c3)c2C)C(=O)[O-])o1. The molecule has 0 unspecified atom stereocenters. The third-order valence-corrected chi connectivity index (χ3v) is 4.96. The quantitative estimate of drug-likeness (QED) is 0.476. The Morgan fingerprint density at radius 1 is 1.30 bits per heavy atom. The van der Waals surface area contributed by atoms with E-state index in [1.807, 2.05) is 24.5 Å². The number of hydrogen-bond donors (Lipinski definition) is 0. The normalized spacial score (nSPS) is 11.8. The van der Waals surface area contributed by atoms with E-state index in [4.69, 9.17) is 16.0 Å². The molecule has 0 N–H and O–H groups in total. The Morgan fingerprint density at radius 3 is 2.63 bits per heavy atom. The number of carbonyl (C=O) groups excluding carboxylic acids is 1. The highest BCUT2D eigenvalue weighted by Gasteiger charge is 2.14. The number of aryl methyl sites for hydroxylation is 2. The molecule has 1 aromatic carbocycles. The number of nitrogens with zero attached hydrogens (tertiary/aromatic N) is 3. The van der Waals surface area contributed by atoms with Gasteiger partial charge in [0.1, 0.15) is 5.82 Å². The maximum Gasteiger partial charge on any atom is 0.281 e. The lowest BCUT2D eigenvalue weighted by Crippen LogP contribution is -2.23. The van der Waals surface area contributed by atoms with Crippen LogP contribution in [0.4, 0.5) is 4.39 Å². The molecule has 0 aliphatic heterocycles. The van der Waals surface area contributed by atoms with Crippen molar-refractivity contribution in [2.45, 2.75) is 26.0 Å². The largest absolute Gasteiger partial charge is 0.544 e. The zero-order chi connectivity index (χ0) is 19.7. The molecule has 0 aliphatic carbocycles. The smallest absolute Gasteiger partial charge is 0.281 e. The number of benzene rings is 1. The predicted molar refractivity (Wildman–Crippen MR) is 98.1 cm³/mol. The molecule has 140 valence electrons. The van der Waals surface area contributed by atoms with E-state index >= 15 is 0 Å². The Balaban J connectivity index is 2.02. The lowest BCUT2D eigenvalue weighted by molar-refractivity contribution is -0.298. The number of aromatic nitrogens is 3. The molecule has 2 heterocycles. The number of rotatable bonds is 5. The molecule has 0 saturated heterocycles. The molecule has 0 atom stereocenters. The van der Waals surface area contributed by atoms with E-state index in [9.17, 15) is 14.3 Å². The highest BCUT2D eigenvalue weighted by molar-refractivity contribution is 8.03. The molecule has 0 bridgehead atoms. The molecule has 6 nitrogen and oxygen atoms in total. The van der Waals surface area contributed by atoms with Crippen molar-refractivity contribution in [3.8, 4) is 5.69 Å². The van der Waals surface area contributed by atoms with Crippen LogP contribution in [0.25, 0.3) is 11.8 Å². The van der Waals surface area contributed by atoms with Gasteiger partial charge in [0.25, 0.3) is 5.22 Å². The van der Waals surface area contributed by atoms with Crippen molar-refractivity contribution in [3.05, 3.63) is 62.9 Å². The molecule has 0 spiro atoms. The zero-order valence-corrected chi connectivity index (χ0v) is 16.2. The van der Waals surface area contributed by atoms with Gasteiger partial charge in [0.2, 0.25) is 5.89 Å². The monoisotopic (exact) mass is 406 g/mol. The van der Waals surface area contributed by atoms with Crippen molar-refractivity contribution in [3.63, 3.8) is 0 Å². The van der Waals surface area contributed by atoms with Gasteiger partial charge in [-0.05, 0) is 61.5 Å². The van der Waals surface area contributed by atoms with Gasteiger partial charge in [0.15, 0.2) is 0 Å². The molecule has 3 rings (SSSR count). The summed E-state index contributed by atoms with van der Waals surface area (Å²) in [4.78, 5) is 11.4. The maximum atomic E-state index is 13.4. The van der Waals surface area contributed by atoms with Crippen LogP contribution in [0, 0.1) is 26.6 Å². The summed E-state index contributed by atoms with van der Waals surface area (Å²) in [7, 11) is 0. The van der Waals surface area contributed by atoms with Crippen LogP contribution in [0.1, 0.15) is 22.8 Å². The molecule has 0 radical (unpaired) electrons. The van der Waals surface area contributed by atoms with E-state index in [1.165, 1.54) is 18.2 Å². The second-order valence-electron chi connectivity index (χ2n) is 5.75. The van der Waals surface area contributed by atoms with Crippen LogP contribution in [-0.2, 0) is 4.79 Å². The fourth-order valence-corrected chi connectivity index (χ4v) is 3.52. The summed E-state index contributed by atoms with van der Waals surface area (Å²) < 4.78 is 20.5. The van der Waals surface area contributed by atoms with E-state index in [1.54, 1.807) is 13.0 Å². The molecule has 9 heteroatoms. The average Bonchev–Trinajstić information content (AvgIpc) is 3.13. The van der Waals surface area contributed by atoms with E-state index in [-0.39, 0.29) is 15.2 Å². The molecular weight excluding hydrogens is 393 g/mol. The fourth-order valence-electron chi connectivity index (χ4n) is 2.64. The van der Waals surface area contributed by atoms with Gasteiger partial charge in [-0.1, -0.05) is 11.6 Å². The Kier molecular flexibility index (Phi) is 5.38. The number of carboxylic acid groups (broad SMARTS) is 1. The van der Waals surface area contributed by atoms with Crippen LogP contribution < -0.4 is 5.11 Å². The molecule has 0 fully saturated rings. The van der Waals surface area contributed by atoms with Crippen molar-refractivity contribution < 1.29 is 18.7 Å². The fraction of sp³-hybridized carbons (Fsp3) is 0.167. The minimum atomic E-state index is -1.36. The van der Waals surface area contributed by atoms with Crippen molar-refractivity contribution in [1.29, 1.82) is 0 Å². The Labute approximate surface area is 163 Å². The number of carboxylic acids is 1. The molecule has 0 aliphatic rings. The van der Waals surface area contributed by atoms with Crippen LogP contribution in [0.5, 0.6) is 0 Å². The molecule has 3 aromatic rings. The van der Waals surface area contributed by atoms with E-state index in [2.05, 4.69) is 10.2 Å². The van der Waals surface area contributed by atoms with Crippen molar-refractivity contribution >= 4 is 35.4 Å². The predicted octanol–water partition coefficient (Wildman–Crippen LogP) is 3.46. The molecule has 27 heavy (non-hydrogen) atoms. The maximum absolute atomic E-state index is 13.4. The number of carbonyl (C=O) groups is 1.